The molecule has 0 spiro atoms. The molecule has 2 rings (SSSR count). The van der Waals surface area contributed by atoms with Crippen LogP contribution in [0.5, 0.6) is 0 Å². The zero-order valence-corrected chi connectivity index (χ0v) is 9.93. The van der Waals surface area contributed by atoms with Crippen molar-refractivity contribution in [3.63, 3.8) is 0 Å². The van der Waals surface area contributed by atoms with Gasteiger partial charge in [0.05, 0.1) is 0 Å². The average molecular weight is 243 g/mol. The monoisotopic (exact) mass is 243 g/mol. The number of rotatable bonds is 3. The van der Waals surface area contributed by atoms with Crippen LogP contribution in [0.25, 0.3) is 0 Å². The van der Waals surface area contributed by atoms with Crippen molar-refractivity contribution >= 4 is 5.91 Å². The van der Waals surface area contributed by atoms with Gasteiger partial charge in [-0.3, -0.25) is 14.6 Å². The molecule has 1 amide bonds. The molecule has 2 heterocycles. The smallest absolute Gasteiger partial charge is 0.257 e. The number of carbonyl (C=O) groups is 1. The molecular formula is C13H13N3O2. The number of aromatic amines is 1. The van der Waals surface area contributed by atoms with Gasteiger partial charge in [0, 0.05) is 36.9 Å². The number of nitrogens with zero attached hydrogens (tertiary/aromatic N) is 1. The van der Waals surface area contributed by atoms with E-state index >= 15 is 0 Å². The summed E-state index contributed by atoms with van der Waals surface area (Å²) in [7, 11) is 0. The summed E-state index contributed by atoms with van der Waals surface area (Å²) in [4.78, 5) is 30.2. The zero-order chi connectivity index (χ0) is 13.0. The number of H-pyrrole nitrogens is 1. The fourth-order valence-corrected chi connectivity index (χ4v) is 1.53. The molecule has 5 nitrogen and oxygen atoms in total. The maximum Gasteiger partial charge on any atom is 0.257 e. The normalized spacial score (nSPS) is 10.1. The topological polar surface area (TPSA) is 74.8 Å². The van der Waals surface area contributed by atoms with Crippen LogP contribution in [0.1, 0.15) is 21.6 Å². The van der Waals surface area contributed by atoms with E-state index in [4.69, 9.17) is 0 Å². The molecular weight excluding hydrogens is 230 g/mol. The first-order valence-electron chi connectivity index (χ1n) is 5.53. The Morgan fingerprint density at radius 3 is 3.00 bits per heavy atom. The molecule has 0 saturated carbocycles. The summed E-state index contributed by atoms with van der Waals surface area (Å²) in [6.07, 6.45) is 4.76. The van der Waals surface area contributed by atoms with E-state index in [0.29, 0.717) is 6.54 Å². The first kappa shape index (κ1) is 12.0. The van der Waals surface area contributed by atoms with Crippen LogP contribution in [0, 0.1) is 6.92 Å². The number of hydrogen-bond acceptors (Lipinski definition) is 3. The minimum atomic E-state index is -0.389. The zero-order valence-electron chi connectivity index (χ0n) is 9.93. The lowest BCUT2D eigenvalue weighted by molar-refractivity contribution is 0.0949. The molecule has 0 saturated heterocycles. The second-order valence-electron chi connectivity index (χ2n) is 3.94. The van der Waals surface area contributed by atoms with Crippen LogP contribution in [0.2, 0.25) is 0 Å². The van der Waals surface area contributed by atoms with Gasteiger partial charge in [-0.1, -0.05) is 6.07 Å². The number of aromatic nitrogens is 2. The van der Waals surface area contributed by atoms with Gasteiger partial charge in [0.15, 0.2) is 5.43 Å². The molecule has 0 aromatic carbocycles. The predicted octanol–water partition coefficient (Wildman–Crippen LogP) is 1.01. The van der Waals surface area contributed by atoms with Gasteiger partial charge < -0.3 is 10.3 Å². The minimum Gasteiger partial charge on any atom is -0.364 e. The summed E-state index contributed by atoms with van der Waals surface area (Å²) < 4.78 is 0. The highest BCUT2D eigenvalue weighted by molar-refractivity contribution is 5.93. The standard InChI is InChI=1S/C13H13N3O2/c1-9-5-12(17)11(8-15-9)13(18)16-7-10-3-2-4-14-6-10/h2-6,8H,7H2,1H3,(H,15,17)(H,16,18). The molecule has 0 bridgehead atoms. The number of carbonyl (C=O) groups excluding carboxylic acids is 1. The molecule has 0 fully saturated rings. The summed E-state index contributed by atoms with van der Waals surface area (Å²) in [5.74, 6) is -0.389. The Hall–Kier alpha value is -2.43. The van der Waals surface area contributed by atoms with E-state index in [-0.39, 0.29) is 16.9 Å². The second kappa shape index (κ2) is 5.27. The van der Waals surface area contributed by atoms with E-state index in [9.17, 15) is 9.59 Å². The highest BCUT2D eigenvalue weighted by Crippen LogP contribution is 1.97. The summed E-state index contributed by atoms with van der Waals surface area (Å²) in [6, 6.07) is 5.05. The number of aryl methyl sites for hydroxylation is 1. The number of amides is 1. The Bertz CT molecular complexity index is 605. The summed E-state index contributed by atoms with van der Waals surface area (Å²) in [5.41, 5.74) is 1.44. The average Bonchev–Trinajstić information content (AvgIpc) is 2.37. The van der Waals surface area contributed by atoms with Crippen molar-refractivity contribution in [3.05, 3.63) is 63.8 Å². The third kappa shape index (κ3) is 2.82. The first-order valence-corrected chi connectivity index (χ1v) is 5.53. The maximum atomic E-state index is 11.8. The van der Waals surface area contributed by atoms with E-state index in [1.165, 1.54) is 12.3 Å². The fourth-order valence-electron chi connectivity index (χ4n) is 1.53. The van der Waals surface area contributed by atoms with Crippen LogP contribution in [0.4, 0.5) is 0 Å². The van der Waals surface area contributed by atoms with Gasteiger partial charge in [-0.15, -0.1) is 0 Å². The van der Waals surface area contributed by atoms with Gasteiger partial charge in [-0.25, -0.2) is 0 Å². The van der Waals surface area contributed by atoms with Crippen LogP contribution in [0.15, 0.2) is 41.6 Å². The van der Waals surface area contributed by atoms with E-state index in [1.54, 1.807) is 25.4 Å². The number of pyridine rings is 2. The molecule has 2 N–H and O–H groups in total. The molecule has 0 unspecified atom stereocenters. The van der Waals surface area contributed by atoms with Gasteiger partial charge in [0.2, 0.25) is 0 Å². The largest absolute Gasteiger partial charge is 0.364 e. The summed E-state index contributed by atoms with van der Waals surface area (Å²) in [6.45, 7) is 2.11. The maximum absolute atomic E-state index is 11.8. The molecule has 0 aliphatic carbocycles. The van der Waals surface area contributed by atoms with Crippen molar-refractivity contribution in [1.82, 2.24) is 15.3 Å². The molecule has 0 atom stereocenters. The van der Waals surface area contributed by atoms with E-state index in [2.05, 4.69) is 15.3 Å². The number of hydrogen-bond donors (Lipinski definition) is 2. The molecule has 0 aliphatic rings. The Morgan fingerprint density at radius 2 is 2.33 bits per heavy atom. The fraction of sp³-hybridized carbons (Fsp3) is 0.154. The van der Waals surface area contributed by atoms with Crippen LogP contribution < -0.4 is 10.7 Å². The van der Waals surface area contributed by atoms with Crippen molar-refractivity contribution in [3.8, 4) is 0 Å². The van der Waals surface area contributed by atoms with Gasteiger partial charge in [-0.05, 0) is 18.6 Å². The minimum absolute atomic E-state index is 0.115. The Balaban J connectivity index is 2.06. The van der Waals surface area contributed by atoms with E-state index in [0.717, 1.165) is 11.3 Å². The third-order valence-electron chi connectivity index (χ3n) is 2.48. The van der Waals surface area contributed by atoms with Gasteiger partial charge in [-0.2, -0.15) is 0 Å². The van der Waals surface area contributed by atoms with Crippen molar-refractivity contribution < 1.29 is 4.79 Å². The lowest BCUT2D eigenvalue weighted by Crippen LogP contribution is -2.28. The second-order valence-corrected chi connectivity index (χ2v) is 3.94. The Kier molecular flexibility index (Phi) is 3.52. The third-order valence-corrected chi connectivity index (χ3v) is 2.48. The summed E-state index contributed by atoms with van der Waals surface area (Å²) >= 11 is 0. The highest BCUT2D eigenvalue weighted by atomic mass is 16.2. The van der Waals surface area contributed by atoms with E-state index in [1.807, 2.05) is 6.07 Å². The molecule has 0 aliphatic heterocycles. The SMILES string of the molecule is Cc1cc(=O)c(C(=O)NCc2cccnc2)c[nH]1. The van der Waals surface area contributed by atoms with Crippen LogP contribution in [0.3, 0.4) is 0 Å². The van der Waals surface area contributed by atoms with Crippen LogP contribution >= 0.6 is 0 Å². The summed E-state index contributed by atoms with van der Waals surface area (Å²) in [5, 5.41) is 2.68. The van der Waals surface area contributed by atoms with Crippen LogP contribution in [-0.2, 0) is 6.54 Å². The van der Waals surface area contributed by atoms with Crippen molar-refractivity contribution in [1.29, 1.82) is 0 Å². The Morgan fingerprint density at radius 1 is 1.50 bits per heavy atom. The Labute approximate surface area is 104 Å². The lowest BCUT2D eigenvalue weighted by Gasteiger charge is -2.04. The van der Waals surface area contributed by atoms with Gasteiger partial charge in [0.25, 0.3) is 5.91 Å². The van der Waals surface area contributed by atoms with Gasteiger partial charge in [0.1, 0.15) is 5.56 Å². The lowest BCUT2D eigenvalue weighted by atomic mass is 10.2. The number of nitrogens with one attached hydrogen (secondary N) is 2. The predicted molar refractivity (Wildman–Crippen MR) is 67.2 cm³/mol. The van der Waals surface area contributed by atoms with Crippen molar-refractivity contribution in [2.75, 3.05) is 0 Å². The van der Waals surface area contributed by atoms with Gasteiger partial charge >= 0.3 is 0 Å². The van der Waals surface area contributed by atoms with Crippen molar-refractivity contribution in [2.24, 2.45) is 0 Å². The molecule has 18 heavy (non-hydrogen) atoms. The first-order chi connectivity index (χ1) is 8.66. The molecule has 0 radical (unpaired) electrons. The molecule has 92 valence electrons. The molecule has 2 aromatic rings. The highest BCUT2D eigenvalue weighted by Gasteiger charge is 2.09. The van der Waals surface area contributed by atoms with E-state index < -0.39 is 0 Å². The molecule has 5 heteroatoms. The van der Waals surface area contributed by atoms with Crippen LogP contribution in [-0.4, -0.2) is 15.9 Å². The molecule has 2 aromatic heterocycles. The van der Waals surface area contributed by atoms with Crippen molar-refractivity contribution in [2.45, 2.75) is 13.5 Å². The quantitative estimate of drug-likeness (QED) is 0.844.